The van der Waals surface area contributed by atoms with Gasteiger partial charge in [0.25, 0.3) is 5.91 Å². The zero-order valence-electron chi connectivity index (χ0n) is 49.7. The minimum absolute atomic E-state index is 0. The Bertz CT molecular complexity index is 2990. The van der Waals surface area contributed by atoms with Crippen molar-refractivity contribution in [3.05, 3.63) is 136 Å². The van der Waals surface area contributed by atoms with E-state index in [1.807, 2.05) is 91.7 Å². The number of amides is 2. The van der Waals surface area contributed by atoms with Crippen LogP contribution < -0.4 is 30.7 Å². The standard InChI is InChI=1S/C64H85N11O7S.2ClH/c1-45(65-3)43-67-57(47-16-7-5-8-17-47)62(78)75-31-14-24-55(75)61-68-44-56(83-61)58(76)50-19-13-23-54(42-50)82-39-38-80-36-15-35-79-34-9-6-10-37-81-53-22-12-18-49(41-53)46(2)69-60(77)51-20-11-21-52(40-51)71-64(27-32-74(4)33-28-64)63-70-59(72-73-63)48-25-29-66-30-26-48;;/h11-13,18-23,25-26,29-30,40-42,44-47,55,57,65,67,71H,5-10,14-17,24,27-28,31-39,43H2,1-4H3,(H,69,77)(H,70,72,73);2*1H/t45-,46+,55-,57-;;/m0../s1. The van der Waals surface area contributed by atoms with Gasteiger partial charge in [0.1, 0.15) is 23.1 Å². The smallest absolute Gasteiger partial charge is 0.251 e. The number of ether oxygens (including phenoxy) is 4. The van der Waals surface area contributed by atoms with Crippen molar-refractivity contribution in [3.63, 3.8) is 0 Å². The number of thiazole rings is 1. The summed E-state index contributed by atoms with van der Waals surface area (Å²) < 4.78 is 23.8. The molecular weight excluding hydrogens is 1140 g/mol. The third-order valence-electron chi connectivity index (χ3n) is 16.4. The van der Waals surface area contributed by atoms with Crippen molar-refractivity contribution in [2.24, 2.45) is 5.92 Å². The van der Waals surface area contributed by atoms with Crippen molar-refractivity contribution in [1.82, 2.24) is 50.9 Å². The number of pyridine rings is 1. The molecule has 3 fully saturated rings. The highest BCUT2D eigenvalue weighted by atomic mass is 35.5. The maximum Gasteiger partial charge on any atom is 0.251 e. The molecule has 18 nitrogen and oxygen atoms in total. The van der Waals surface area contributed by atoms with E-state index in [1.54, 1.807) is 30.7 Å². The Morgan fingerprint density at radius 2 is 1.46 bits per heavy atom. The largest absolute Gasteiger partial charge is 0.494 e. The summed E-state index contributed by atoms with van der Waals surface area (Å²) in [6, 6.07) is 26.3. The second-order valence-corrected chi connectivity index (χ2v) is 23.6. The van der Waals surface area contributed by atoms with Gasteiger partial charge in [-0.1, -0.05) is 49.6 Å². The van der Waals surface area contributed by atoms with Gasteiger partial charge >= 0.3 is 0 Å². The minimum atomic E-state index is -0.482. The number of halogens is 2. The molecule has 2 aliphatic heterocycles. The number of carbonyl (C=O) groups is 3. The molecular formula is C64H87Cl2N11O7S. The molecule has 3 aromatic carbocycles. The highest BCUT2D eigenvalue weighted by Crippen LogP contribution is 2.38. The number of aromatic amines is 1. The van der Waals surface area contributed by atoms with Crippen LogP contribution in [0.4, 0.5) is 5.69 Å². The van der Waals surface area contributed by atoms with Crippen molar-refractivity contribution in [2.75, 3.05) is 85.2 Å². The third-order valence-corrected chi connectivity index (χ3v) is 17.5. The molecule has 6 aromatic rings. The van der Waals surface area contributed by atoms with Crippen LogP contribution in [-0.4, -0.2) is 145 Å². The molecule has 0 bridgehead atoms. The number of carbonyl (C=O) groups excluding carboxylic acids is 3. The number of hydrogen-bond donors (Lipinski definition) is 5. The lowest BCUT2D eigenvalue weighted by Crippen LogP contribution is -2.53. The van der Waals surface area contributed by atoms with Gasteiger partial charge in [-0.2, -0.15) is 0 Å². The van der Waals surface area contributed by atoms with E-state index < -0.39 is 5.54 Å². The van der Waals surface area contributed by atoms with Crippen molar-refractivity contribution < 1.29 is 33.3 Å². The number of nitrogens with one attached hydrogen (secondary N) is 5. The lowest BCUT2D eigenvalue weighted by atomic mass is 9.83. The van der Waals surface area contributed by atoms with E-state index in [1.165, 1.54) is 30.6 Å². The average molecular weight is 1230 g/mol. The maximum absolute atomic E-state index is 14.2. The Labute approximate surface area is 517 Å². The summed E-state index contributed by atoms with van der Waals surface area (Å²) >= 11 is 1.40. The molecule has 1 saturated carbocycles. The number of anilines is 1. The Morgan fingerprint density at radius 1 is 0.753 bits per heavy atom. The molecule has 5 N–H and O–H groups in total. The Morgan fingerprint density at radius 3 is 2.25 bits per heavy atom. The molecule has 1 aliphatic carbocycles. The summed E-state index contributed by atoms with van der Waals surface area (Å²) in [6.45, 7) is 10.6. The van der Waals surface area contributed by atoms with Gasteiger partial charge in [-0.15, -0.1) is 46.3 Å². The van der Waals surface area contributed by atoms with Gasteiger partial charge in [-0.3, -0.25) is 19.4 Å². The molecule has 5 heterocycles. The summed E-state index contributed by atoms with van der Waals surface area (Å²) in [4.78, 5) is 58.8. The maximum atomic E-state index is 14.2. The number of hydrogen-bond acceptors (Lipinski definition) is 16. The van der Waals surface area contributed by atoms with Crippen LogP contribution in [0, 0.1) is 5.92 Å². The molecule has 0 unspecified atom stereocenters. The van der Waals surface area contributed by atoms with E-state index in [2.05, 4.69) is 60.3 Å². The first kappa shape index (κ1) is 66.5. The van der Waals surface area contributed by atoms with Gasteiger partial charge < -0.3 is 55.0 Å². The highest BCUT2D eigenvalue weighted by Gasteiger charge is 2.41. The third kappa shape index (κ3) is 18.7. The first-order chi connectivity index (χ1) is 40.6. The Balaban J connectivity index is 0.00000518. The van der Waals surface area contributed by atoms with Crippen LogP contribution in [0.25, 0.3) is 11.4 Å². The quantitative estimate of drug-likeness (QED) is 0.0203. The van der Waals surface area contributed by atoms with Gasteiger partial charge in [0.15, 0.2) is 11.6 Å². The van der Waals surface area contributed by atoms with Crippen LogP contribution in [0.15, 0.2) is 104 Å². The van der Waals surface area contributed by atoms with Gasteiger partial charge in [0.2, 0.25) is 11.7 Å². The molecule has 460 valence electrons. The number of rotatable bonds is 31. The number of H-pyrrole nitrogens is 1. The second kappa shape index (κ2) is 33.8. The normalized spacial score (nSPS) is 17.2. The Kier molecular flexibility index (Phi) is 26.4. The monoisotopic (exact) mass is 1220 g/mol. The fourth-order valence-electron chi connectivity index (χ4n) is 11.4. The Hall–Kier alpha value is -6.03. The number of nitrogens with zero attached hydrogens (tertiary/aromatic N) is 6. The predicted molar refractivity (Wildman–Crippen MR) is 339 cm³/mol. The van der Waals surface area contributed by atoms with Gasteiger partial charge in [-0.25, -0.2) is 4.98 Å². The van der Waals surface area contributed by atoms with Crippen LogP contribution in [-0.2, 0) is 19.8 Å². The summed E-state index contributed by atoms with van der Waals surface area (Å²) in [5.74, 6) is 3.09. The van der Waals surface area contributed by atoms with Crippen LogP contribution in [0.2, 0.25) is 0 Å². The molecule has 85 heavy (non-hydrogen) atoms. The van der Waals surface area contributed by atoms with Crippen molar-refractivity contribution in [1.29, 1.82) is 0 Å². The number of benzene rings is 3. The molecule has 0 radical (unpaired) electrons. The summed E-state index contributed by atoms with van der Waals surface area (Å²) in [5.41, 5.74) is 3.34. The summed E-state index contributed by atoms with van der Waals surface area (Å²) in [5, 5.41) is 23.8. The van der Waals surface area contributed by atoms with Crippen LogP contribution in [0.5, 0.6) is 11.5 Å². The van der Waals surface area contributed by atoms with E-state index in [0.29, 0.717) is 79.7 Å². The number of likely N-dealkylation sites (N-methyl/N-ethyl adjacent to an activating group) is 1. The number of unbranched alkanes of at least 4 members (excludes halogenated alkanes) is 2. The molecule has 0 spiro atoms. The van der Waals surface area contributed by atoms with Crippen molar-refractivity contribution in [3.8, 4) is 22.9 Å². The lowest BCUT2D eigenvalue weighted by molar-refractivity contribution is -0.136. The number of likely N-dealkylation sites (tertiary alicyclic amines) is 2. The average Bonchev–Trinajstić information content (AvgIpc) is 4.11. The van der Waals surface area contributed by atoms with Gasteiger partial charge in [0.05, 0.1) is 41.8 Å². The van der Waals surface area contributed by atoms with Crippen LogP contribution >= 0.6 is 36.2 Å². The summed E-state index contributed by atoms with van der Waals surface area (Å²) in [6.07, 6.45) is 17.9. The van der Waals surface area contributed by atoms with E-state index >= 15 is 0 Å². The van der Waals surface area contributed by atoms with Gasteiger partial charge in [0, 0.05) is 93.0 Å². The van der Waals surface area contributed by atoms with E-state index in [4.69, 9.17) is 23.9 Å². The van der Waals surface area contributed by atoms with Crippen molar-refractivity contribution >= 4 is 59.4 Å². The minimum Gasteiger partial charge on any atom is -0.494 e. The zero-order chi connectivity index (χ0) is 57.8. The number of piperidine rings is 1. The molecule has 2 saturated heterocycles. The number of aromatic nitrogens is 5. The second-order valence-electron chi connectivity index (χ2n) is 22.5. The van der Waals surface area contributed by atoms with E-state index in [9.17, 15) is 14.4 Å². The fraction of sp³-hybridized carbons (Fsp3) is 0.516. The van der Waals surface area contributed by atoms with Crippen LogP contribution in [0.1, 0.15) is 151 Å². The molecule has 9 rings (SSSR count). The SMILES string of the molecule is CN[C@@H](C)CN[C@H](C(=O)N1CCC[C@H]1c1ncc(C(=O)c2cccc(OCCOCCCOCCCCCOc3cccc([C@@H](C)NC(=O)c4cccc(NC5(c6nnc(-c7ccncc7)[nH]6)CCN(C)CC5)c4)c3)c2)s1)C1CCCCC1.Cl.Cl. The fourth-order valence-corrected chi connectivity index (χ4v) is 12.4. The zero-order valence-corrected chi connectivity index (χ0v) is 52.2. The predicted octanol–water partition coefficient (Wildman–Crippen LogP) is 10.8. The van der Waals surface area contributed by atoms with Crippen molar-refractivity contribution in [2.45, 2.75) is 127 Å². The number of ketones is 1. The molecule has 2 amide bonds. The first-order valence-electron chi connectivity index (χ1n) is 30.1. The molecule has 3 aromatic heterocycles. The van der Waals surface area contributed by atoms with E-state index in [-0.39, 0.29) is 66.6 Å². The van der Waals surface area contributed by atoms with Gasteiger partial charge in [-0.05, 0) is 158 Å². The summed E-state index contributed by atoms with van der Waals surface area (Å²) in [7, 11) is 4.08. The molecule has 3 aliphatic rings. The molecule has 21 heteroatoms. The molecule has 4 atom stereocenters. The van der Waals surface area contributed by atoms with Crippen LogP contribution in [0.3, 0.4) is 0 Å². The van der Waals surface area contributed by atoms with E-state index in [0.717, 1.165) is 117 Å². The highest BCUT2D eigenvalue weighted by molar-refractivity contribution is 7.14. The first-order valence-corrected chi connectivity index (χ1v) is 30.9. The lowest BCUT2D eigenvalue weighted by Gasteiger charge is -2.40. The topological polar surface area (TPSA) is 210 Å².